The fourth-order valence-electron chi connectivity index (χ4n) is 2.26. The number of aromatic carboxylic acids is 1. The number of methoxy groups -OCH3 is 1. The van der Waals surface area contributed by atoms with Gasteiger partial charge in [-0.15, -0.1) is 0 Å². The van der Waals surface area contributed by atoms with Crippen molar-refractivity contribution in [3.8, 4) is 5.75 Å². The molecule has 0 saturated carbocycles. The Balaban J connectivity index is 1.95. The van der Waals surface area contributed by atoms with Gasteiger partial charge in [-0.05, 0) is 37.1 Å². The second-order valence-corrected chi connectivity index (χ2v) is 5.29. The molecule has 0 aliphatic rings. The summed E-state index contributed by atoms with van der Waals surface area (Å²) in [6.45, 7) is 3.73. The molecule has 6 nitrogen and oxygen atoms in total. The number of carboxylic acids is 1. The van der Waals surface area contributed by atoms with Crippen molar-refractivity contribution in [2.24, 2.45) is 0 Å². The number of nitrogens with one attached hydrogen (secondary N) is 1. The number of hydrogen-bond donors (Lipinski definition) is 2. The molecule has 0 saturated heterocycles. The number of carbonyl (C=O) groups is 2. The van der Waals surface area contributed by atoms with Gasteiger partial charge in [-0.1, -0.05) is 12.1 Å². The Hall–Kier alpha value is -2.76. The Labute approximate surface area is 134 Å². The lowest BCUT2D eigenvalue weighted by atomic mass is 10.1. The van der Waals surface area contributed by atoms with Crippen LogP contribution >= 0.6 is 0 Å². The monoisotopic (exact) mass is 317 g/mol. The molecule has 23 heavy (non-hydrogen) atoms. The van der Waals surface area contributed by atoms with Gasteiger partial charge in [0.1, 0.15) is 11.5 Å². The third kappa shape index (κ3) is 4.12. The van der Waals surface area contributed by atoms with E-state index in [0.717, 1.165) is 16.9 Å². The molecule has 0 spiro atoms. The van der Waals surface area contributed by atoms with E-state index in [-0.39, 0.29) is 24.6 Å². The van der Waals surface area contributed by atoms with Gasteiger partial charge in [0.2, 0.25) is 11.7 Å². The smallest absolute Gasteiger partial charge is 0.372 e. The van der Waals surface area contributed by atoms with Gasteiger partial charge in [0.25, 0.3) is 0 Å². The van der Waals surface area contributed by atoms with Crippen molar-refractivity contribution < 1.29 is 23.8 Å². The van der Waals surface area contributed by atoms with Crippen LogP contribution in [0.3, 0.4) is 0 Å². The van der Waals surface area contributed by atoms with Crippen LogP contribution in [-0.2, 0) is 17.8 Å². The molecule has 0 radical (unpaired) electrons. The number of furan rings is 1. The molecule has 0 unspecified atom stereocenters. The zero-order chi connectivity index (χ0) is 17.0. The molecular formula is C17H19NO5. The van der Waals surface area contributed by atoms with E-state index < -0.39 is 5.97 Å². The average Bonchev–Trinajstić information content (AvgIpc) is 2.88. The van der Waals surface area contributed by atoms with Gasteiger partial charge in [-0.2, -0.15) is 0 Å². The largest absolute Gasteiger partial charge is 0.496 e. The van der Waals surface area contributed by atoms with Gasteiger partial charge in [0.15, 0.2) is 0 Å². The zero-order valence-electron chi connectivity index (χ0n) is 13.3. The first-order chi connectivity index (χ1) is 10.9. The maximum Gasteiger partial charge on any atom is 0.372 e. The number of hydrogen-bond acceptors (Lipinski definition) is 4. The van der Waals surface area contributed by atoms with Crippen LogP contribution in [0.25, 0.3) is 0 Å². The van der Waals surface area contributed by atoms with E-state index in [2.05, 4.69) is 5.32 Å². The van der Waals surface area contributed by atoms with E-state index >= 15 is 0 Å². The molecule has 2 aromatic rings. The predicted molar refractivity (Wildman–Crippen MR) is 83.7 cm³/mol. The van der Waals surface area contributed by atoms with Crippen molar-refractivity contribution >= 4 is 11.9 Å². The van der Waals surface area contributed by atoms with E-state index in [1.165, 1.54) is 0 Å². The minimum absolute atomic E-state index is 0.0995. The van der Waals surface area contributed by atoms with Gasteiger partial charge in [-0.3, -0.25) is 4.79 Å². The lowest BCUT2D eigenvalue weighted by Gasteiger charge is -2.08. The highest BCUT2D eigenvalue weighted by Gasteiger charge is 2.14. The molecule has 1 amide bonds. The summed E-state index contributed by atoms with van der Waals surface area (Å²) in [4.78, 5) is 22.9. The molecule has 122 valence electrons. The van der Waals surface area contributed by atoms with Crippen LogP contribution in [-0.4, -0.2) is 24.1 Å². The Kier molecular flexibility index (Phi) is 5.05. The van der Waals surface area contributed by atoms with Crippen LogP contribution in [0.4, 0.5) is 0 Å². The molecule has 6 heteroatoms. The summed E-state index contributed by atoms with van der Waals surface area (Å²) in [5, 5.41) is 11.6. The van der Waals surface area contributed by atoms with Gasteiger partial charge < -0.3 is 19.6 Å². The van der Waals surface area contributed by atoms with Crippen molar-refractivity contribution in [3.63, 3.8) is 0 Å². The molecule has 1 heterocycles. The second kappa shape index (κ2) is 7.00. The van der Waals surface area contributed by atoms with Crippen LogP contribution in [0, 0.1) is 13.8 Å². The van der Waals surface area contributed by atoms with Crippen LogP contribution in [0.5, 0.6) is 5.75 Å². The molecule has 2 rings (SSSR count). The number of carbonyl (C=O) groups excluding carboxylic acids is 1. The Morgan fingerprint density at radius 3 is 2.57 bits per heavy atom. The van der Waals surface area contributed by atoms with E-state index in [4.69, 9.17) is 14.3 Å². The fraction of sp³-hybridized carbons (Fsp3) is 0.294. The van der Waals surface area contributed by atoms with Crippen LogP contribution in [0.2, 0.25) is 0 Å². The first kappa shape index (κ1) is 16.6. The lowest BCUT2D eigenvalue weighted by molar-refractivity contribution is -0.120. The summed E-state index contributed by atoms with van der Waals surface area (Å²) in [7, 11) is 1.59. The molecule has 0 atom stereocenters. The highest BCUT2D eigenvalue weighted by molar-refractivity contribution is 5.86. The first-order valence-electron chi connectivity index (χ1n) is 7.13. The van der Waals surface area contributed by atoms with Gasteiger partial charge >= 0.3 is 5.97 Å². The maximum atomic E-state index is 12.0. The summed E-state index contributed by atoms with van der Waals surface area (Å²) < 4.78 is 10.4. The number of amides is 1. The van der Waals surface area contributed by atoms with Gasteiger partial charge in [-0.25, -0.2) is 4.79 Å². The number of benzene rings is 1. The quantitative estimate of drug-likeness (QED) is 0.854. The topological polar surface area (TPSA) is 88.8 Å². The van der Waals surface area contributed by atoms with Crippen molar-refractivity contribution in [2.45, 2.75) is 26.8 Å². The number of aryl methyl sites for hydroxylation is 2. The van der Waals surface area contributed by atoms with Crippen molar-refractivity contribution in [2.75, 3.05) is 7.11 Å². The average molecular weight is 317 g/mol. The zero-order valence-corrected chi connectivity index (χ0v) is 13.3. The van der Waals surface area contributed by atoms with Crippen LogP contribution in [0.1, 0.15) is 33.0 Å². The second-order valence-electron chi connectivity index (χ2n) is 5.29. The minimum Gasteiger partial charge on any atom is -0.496 e. The van der Waals surface area contributed by atoms with Crippen molar-refractivity contribution in [1.82, 2.24) is 5.32 Å². The first-order valence-corrected chi connectivity index (χ1v) is 7.13. The molecule has 2 N–H and O–H groups in total. The van der Waals surface area contributed by atoms with Gasteiger partial charge in [0, 0.05) is 5.56 Å². The van der Waals surface area contributed by atoms with E-state index in [1.54, 1.807) is 20.1 Å². The number of carboxylic acid groups (broad SMARTS) is 1. The van der Waals surface area contributed by atoms with E-state index in [9.17, 15) is 9.59 Å². The van der Waals surface area contributed by atoms with E-state index in [0.29, 0.717) is 11.3 Å². The number of rotatable bonds is 6. The standard InChI is InChI=1S/C17H19NO5/c1-10-4-5-12(7-14(10)22-3)8-15(19)18-9-13-6-11(2)16(23-13)17(20)21/h4-7H,8-9H2,1-3H3,(H,18,19)(H,20,21). The highest BCUT2D eigenvalue weighted by Crippen LogP contribution is 2.19. The Bertz CT molecular complexity index is 733. The van der Waals surface area contributed by atoms with Crippen molar-refractivity contribution in [3.05, 3.63) is 52.5 Å². The SMILES string of the molecule is COc1cc(CC(=O)NCc2cc(C)c(C(=O)O)o2)ccc1C. The lowest BCUT2D eigenvalue weighted by Crippen LogP contribution is -2.24. The van der Waals surface area contributed by atoms with Crippen LogP contribution < -0.4 is 10.1 Å². The van der Waals surface area contributed by atoms with Crippen molar-refractivity contribution in [1.29, 1.82) is 0 Å². The molecule has 1 aromatic carbocycles. The summed E-state index contributed by atoms with van der Waals surface area (Å²) in [6.07, 6.45) is 0.210. The normalized spacial score (nSPS) is 10.4. The number of ether oxygens (including phenoxy) is 1. The fourth-order valence-corrected chi connectivity index (χ4v) is 2.26. The Morgan fingerprint density at radius 1 is 1.22 bits per heavy atom. The third-order valence-electron chi connectivity index (χ3n) is 3.46. The molecule has 0 aliphatic heterocycles. The summed E-state index contributed by atoms with van der Waals surface area (Å²) >= 11 is 0. The Morgan fingerprint density at radius 2 is 1.96 bits per heavy atom. The summed E-state index contributed by atoms with van der Waals surface area (Å²) in [5.41, 5.74) is 2.38. The summed E-state index contributed by atoms with van der Waals surface area (Å²) in [6, 6.07) is 7.21. The maximum absolute atomic E-state index is 12.0. The van der Waals surface area contributed by atoms with E-state index in [1.807, 2.05) is 25.1 Å². The summed E-state index contributed by atoms with van der Waals surface area (Å²) in [5.74, 6) is -0.246. The predicted octanol–water partition coefficient (Wildman–Crippen LogP) is 2.46. The molecule has 0 aliphatic carbocycles. The minimum atomic E-state index is -1.12. The third-order valence-corrected chi connectivity index (χ3v) is 3.46. The van der Waals surface area contributed by atoms with Gasteiger partial charge in [0.05, 0.1) is 20.1 Å². The highest BCUT2D eigenvalue weighted by atomic mass is 16.5. The molecule has 0 fully saturated rings. The molecule has 1 aromatic heterocycles. The molecule has 0 bridgehead atoms. The van der Waals surface area contributed by atoms with Crippen LogP contribution in [0.15, 0.2) is 28.7 Å². The molecular weight excluding hydrogens is 298 g/mol.